The van der Waals surface area contributed by atoms with Crippen molar-refractivity contribution in [3.05, 3.63) is 88.2 Å². The summed E-state index contributed by atoms with van der Waals surface area (Å²) in [5, 5.41) is 18.0. The van der Waals surface area contributed by atoms with Crippen LogP contribution >= 0.6 is 0 Å². The van der Waals surface area contributed by atoms with Crippen LogP contribution < -0.4 is 5.32 Å². The Morgan fingerprint density at radius 1 is 1.12 bits per heavy atom. The number of aromatic nitrogens is 2. The molecular weight excluding hydrogens is 332 g/mol. The van der Waals surface area contributed by atoms with Crippen LogP contribution in [0.3, 0.4) is 0 Å². The van der Waals surface area contributed by atoms with E-state index in [-0.39, 0.29) is 18.0 Å². The summed E-state index contributed by atoms with van der Waals surface area (Å²) in [6, 6.07) is 16.1. The van der Waals surface area contributed by atoms with E-state index >= 15 is 0 Å². The highest BCUT2D eigenvalue weighted by Gasteiger charge is 2.15. The van der Waals surface area contributed by atoms with Gasteiger partial charge >= 0.3 is 0 Å². The summed E-state index contributed by atoms with van der Waals surface area (Å²) in [6.45, 7) is 0.473. The minimum absolute atomic E-state index is 0.00457. The van der Waals surface area contributed by atoms with E-state index in [1.54, 1.807) is 29.1 Å². The summed E-state index contributed by atoms with van der Waals surface area (Å²) in [5.74, 6) is -0.229. The van der Waals surface area contributed by atoms with Crippen molar-refractivity contribution >= 4 is 11.6 Å². The van der Waals surface area contributed by atoms with E-state index < -0.39 is 4.92 Å². The van der Waals surface area contributed by atoms with Crippen molar-refractivity contribution in [2.45, 2.75) is 12.8 Å². The molecule has 1 amide bonds. The Morgan fingerprint density at radius 2 is 1.88 bits per heavy atom. The van der Waals surface area contributed by atoms with Gasteiger partial charge in [-0.05, 0) is 30.2 Å². The van der Waals surface area contributed by atoms with E-state index in [0.717, 1.165) is 11.3 Å². The lowest BCUT2D eigenvalue weighted by atomic mass is 10.1. The summed E-state index contributed by atoms with van der Waals surface area (Å²) < 4.78 is 1.78. The van der Waals surface area contributed by atoms with Crippen LogP contribution in [0.1, 0.15) is 11.1 Å². The van der Waals surface area contributed by atoms with Crippen molar-refractivity contribution < 1.29 is 9.72 Å². The maximum atomic E-state index is 12.0. The molecule has 0 saturated heterocycles. The van der Waals surface area contributed by atoms with Gasteiger partial charge in [0.2, 0.25) is 5.91 Å². The summed E-state index contributed by atoms with van der Waals surface area (Å²) in [6.07, 6.45) is 4.27. The first kappa shape index (κ1) is 17.3. The maximum Gasteiger partial charge on any atom is 0.273 e. The summed E-state index contributed by atoms with van der Waals surface area (Å²) in [4.78, 5) is 22.6. The molecule has 0 saturated carbocycles. The normalized spacial score (nSPS) is 10.5. The molecule has 0 fully saturated rings. The molecule has 26 heavy (non-hydrogen) atoms. The van der Waals surface area contributed by atoms with Gasteiger partial charge < -0.3 is 5.32 Å². The predicted molar refractivity (Wildman–Crippen MR) is 97.1 cm³/mol. The van der Waals surface area contributed by atoms with Gasteiger partial charge in [-0.25, -0.2) is 4.68 Å². The Morgan fingerprint density at radius 3 is 2.58 bits per heavy atom. The van der Waals surface area contributed by atoms with Crippen LogP contribution in [0.15, 0.2) is 67.0 Å². The predicted octanol–water partition coefficient (Wildman–Crippen LogP) is 2.68. The Hall–Kier alpha value is -3.48. The Kier molecular flexibility index (Phi) is 5.38. The molecule has 0 spiro atoms. The van der Waals surface area contributed by atoms with E-state index in [9.17, 15) is 14.9 Å². The third-order valence-electron chi connectivity index (χ3n) is 3.98. The van der Waals surface area contributed by atoms with Crippen LogP contribution in [0.5, 0.6) is 0 Å². The fourth-order valence-corrected chi connectivity index (χ4v) is 2.66. The highest BCUT2D eigenvalue weighted by atomic mass is 16.6. The molecule has 0 aliphatic heterocycles. The molecule has 0 aliphatic rings. The second-order valence-corrected chi connectivity index (χ2v) is 5.78. The number of carbonyl (C=O) groups excluding carboxylic acids is 1. The largest absolute Gasteiger partial charge is 0.355 e. The number of nitro groups is 1. The number of amides is 1. The summed E-state index contributed by atoms with van der Waals surface area (Å²) in [5.41, 5.74) is 2.45. The molecule has 0 aliphatic carbocycles. The number of benzene rings is 2. The van der Waals surface area contributed by atoms with Crippen molar-refractivity contribution in [1.82, 2.24) is 15.1 Å². The zero-order valence-electron chi connectivity index (χ0n) is 14.0. The van der Waals surface area contributed by atoms with Crippen LogP contribution in [0.4, 0.5) is 5.69 Å². The first-order chi connectivity index (χ1) is 12.6. The molecule has 7 nitrogen and oxygen atoms in total. The monoisotopic (exact) mass is 350 g/mol. The van der Waals surface area contributed by atoms with E-state index in [4.69, 9.17) is 0 Å². The van der Waals surface area contributed by atoms with Gasteiger partial charge in [0.15, 0.2) is 0 Å². The molecule has 0 unspecified atom stereocenters. The highest BCUT2D eigenvalue weighted by Crippen LogP contribution is 2.18. The third kappa shape index (κ3) is 4.32. The lowest BCUT2D eigenvalue weighted by molar-refractivity contribution is -0.385. The lowest BCUT2D eigenvalue weighted by Crippen LogP contribution is -2.27. The van der Waals surface area contributed by atoms with Crippen LogP contribution in [-0.2, 0) is 17.6 Å². The van der Waals surface area contributed by atoms with Gasteiger partial charge in [0.25, 0.3) is 5.69 Å². The molecule has 0 bridgehead atoms. The number of hydrogen-bond acceptors (Lipinski definition) is 4. The Balaban J connectivity index is 1.50. The van der Waals surface area contributed by atoms with E-state index in [1.807, 2.05) is 36.5 Å². The van der Waals surface area contributed by atoms with Crippen molar-refractivity contribution in [2.75, 3.05) is 6.54 Å². The quantitative estimate of drug-likeness (QED) is 0.524. The van der Waals surface area contributed by atoms with Crippen molar-refractivity contribution in [3.63, 3.8) is 0 Å². The van der Waals surface area contributed by atoms with E-state index in [0.29, 0.717) is 18.5 Å². The zero-order valence-corrected chi connectivity index (χ0v) is 14.0. The van der Waals surface area contributed by atoms with Gasteiger partial charge in [0, 0.05) is 30.6 Å². The fourth-order valence-electron chi connectivity index (χ4n) is 2.66. The molecule has 0 radical (unpaired) electrons. The second-order valence-electron chi connectivity index (χ2n) is 5.78. The molecule has 0 atom stereocenters. The van der Waals surface area contributed by atoms with E-state index in [2.05, 4.69) is 10.4 Å². The van der Waals surface area contributed by atoms with Gasteiger partial charge in [-0.1, -0.05) is 30.3 Å². The standard InChI is InChI=1S/C19H18N4O3/c24-19(14-16-4-1-2-5-18(16)23(25)26)20-12-10-15-6-8-17(9-7-15)22-13-3-11-21-22/h1-9,11,13H,10,12,14H2,(H,20,24). The number of carbonyl (C=O) groups is 1. The van der Waals surface area contributed by atoms with Gasteiger partial charge in [-0.15, -0.1) is 0 Å². The van der Waals surface area contributed by atoms with Gasteiger partial charge in [0.05, 0.1) is 17.0 Å². The molecule has 1 heterocycles. The van der Waals surface area contributed by atoms with Gasteiger partial charge in [0.1, 0.15) is 0 Å². The van der Waals surface area contributed by atoms with Crippen molar-refractivity contribution in [2.24, 2.45) is 0 Å². The fraction of sp³-hybridized carbons (Fsp3) is 0.158. The Bertz CT molecular complexity index is 889. The summed E-state index contributed by atoms with van der Waals surface area (Å²) in [7, 11) is 0. The highest BCUT2D eigenvalue weighted by molar-refractivity contribution is 5.79. The topological polar surface area (TPSA) is 90.1 Å². The molecular formula is C19H18N4O3. The molecule has 3 rings (SSSR count). The van der Waals surface area contributed by atoms with Crippen LogP contribution in [-0.4, -0.2) is 27.2 Å². The summed E-state index contributed by atoms with van der Waals surface area (Å²) >= 11 is 0. The van der Waals surface area contributed by atoms with E-state index in [1.165, 1.54) is 6.07 Å². The number of hydrogen-bond donors (Lipinski definition) is 1. The van der Waals surface area contributed by atoms with Crippen LogP contribution in [0, 0.1) is 10.1 Å². The maximum absolute atomic E-state index is 12.0. The number of nitrogens with one attached hydrogen (secondary N) is 1. The minimum Gasteiger partial charge on any atom is -0.355 e. The molecule has 1 aromatic heterocycles. The number of para-hydroxylation sites is 1. The Labute approximate surface area is 150 Å². The van der Waals surface area contributed by atoms with Crippen molar-refractivity contribution in [3.8, 4) is 5.69 Å². The average Bonchev–Trinajstić information content (AvgIpc) is 3.17. The van der Waals surface area contributed by atoms with Crippen molar-refractivity contribution in [1.29, 1.82) is 0 Å². The van der Waals surface area contributed by atoms with Gasteiger partial charge in [-0.2, -0.15) is 5.10 Å². The minimum atomic E-state index is -0.468. The second kappa shape index (κ2) is 8.06. The third-order valence-corrected chi connectivity index (χ3v) is 3.98. The average molecular weight is 350 g/mol. The first-order valence-electron chi connectivity index (χ1n) is 8.21. The van der Waals surface area contributed by atoms with Gasteiger partial charge in [-0.3, -0.25) is 14.9 Å². The molecule has 7 heteroatoms. The smallest absolute Gasteiger partial charge is 0.273 e. The molecule has 3 aromatic rings. The number of rotatable bonds is 7. The SMILES string of the molecule is O=C(Cc1ccccc1[N+](=O)[O-])NCCc1ccc(-n2cccn2)cc1. The number of nitro benzene ring substituents is 1. The first-order valence-corrected chi connectivity index (χ1v) is 8.21. The van der Waals surface area contributed by atoms with Crippen LogP contribution in [0.25, 0.3) is 5.69 Å². The number of nitrogens with zero attached hydrogens (tertiary/aromatic N) is 3. The molecule has 2 aromatic carbocycles. The zero-order chi connectivity index (χ0) is 18.4. The molecule has 1 N–H and O–H groups in total. The van der Waals surface area contributed by atoms with Crippen LogP contribution in [0.2, 0.25) is 0 Å². The molecule has 132 valence electrons. The lowest BCUT2D eigenvalue weighted by Gasteiger charge is -2.07.